The van der Waals surface area contributed by atoms with E-state index in [9.17, 15) is 4.79 Å². The number of hydrogen-bond acceptors (Lipinski definition) is 7. The van der Waals surface area contributed by atoms with Crippen LogP contribution >= 0.6 is 0 Å². The highest BCUT2D eigenvalue weighted by molar-refractivity contribution is 5.78. The van der Waals surface area contributed by atoms with Crippen LogP contribution in [0.25, 0.3) is 0 Å². The summed E-state index contributed by atoms with van der Waals surface area (Å²) in [4.78, 5) is 29.6. The Morgan fingerprint density at radius 2 is 1.92 bits per heavy atom. The Labute approximate surface area is 149 Å². The SMILES string of the molecule is CN(C)C[C@@H]1CN(CC(=O)N2CCN(c3ncccn3)CC2)CCO1. The van der Waals surface area contributed by atoms with Gasteiger partial charge in [0.2, 0.25) is 11.9 Å². The van der Waals surface area contributed by atoms with Crippen molar-refractivity contribution in [2.45, 2.75) is 6.10 Å². The van der Waals surface area contributed by atoms with Crippen LogP contribution in [-0.4, -0.2) is 110 Å². The van der Waals surface area contributed by atoms with Crippen LogP contribution in [0.4, 0.5) is 5.95 Å². The molecule has 1 aromatic heterocycles. The van der Waals surface area contributed by atoms with Crippen molar-refractivity contribution < 1.29 is 9.53 Å². The number of nitrogens with zero attached hydrogens (tertiary/aromatic N) is 6. The molecule has 3 rings (SSSR count). The standard InChI is InChI=1S/C17H28N6O2/c1-20(2)12-15-13-21(10-11-25-15)14-16(24)22-6-8-23(9-7-22)17-18-4-3-5-19-17/h3-5,15H,6-14H2,1-2H3/t15-/m1/s1. The quantitative estimate of drug-likeness (QED) is 0.703. The first-order chi connectivity index (χ1) is 12.1. The maximum atomic E-state index is 12.6. The van der Waals surface area contributed by atoms with Crippen LogP contribution in [-0.2, 0) is 9.53 Å². The minimum Gasteiger partial charge on any atom is -0.374 e. The molecule has 2 aliphatic heterocycles. The number of carbonyl (C=O) groups excluding carboxylic acids is 1. The molecular weight excluding hydrogens is 320 g/mol. The van der Waals surface area contributed by atoms with Crippen molar-refractivity contribution in [1.82, 2.24) is 24.7 Å². The first-order valence-electron chi connectivity index (χ1n) is 8.90. The van der Waals surface area contributed by atoms with E-state index in [1.54, 1.807) is 12.4 Å². The Bertz CT molecular complexity index is 547. The first-order valence-corrected chi connectivity index (χ1v) is 8.90. The molecule has 0 aliphatic carbocycles. The van der Waals surface area contributed by atoms with Crippen LogP contribution < -0.4 is 4.90 Å². The average molecular weight is 348 g/mol. The monoisotopic (exact) mass is 348 g/mol. The summed E-state index contributed by atoms with van der Waals surface area (Å²) in [5.41, 5.74) is 0. The summed E-state index contributed by atoms with van der Waals surface area (Å²) >= 11 is 0. The molecule has 2 fully saturated rings. The Morgan fingerprint density at radius 1 is 1.20 bits per heavy atom. The van der Waals surface area contributed by atoms with E-state index in [1.807, 2.05) is 25.1 Å². The lowest BCUT2D eigenvalue weighted by atomic mass is 10.2. The van der Waals surface area contributed by atoms with Crippen molar-refractivity contribution >= 4 is 11.9 Å². The van der Waals surface area contributed by atoms with Crippen LogP contribution in [0.2, 0.25) is 0 Å². The highest BCUT2D eigenvalue weighted by Crippen LogP contribution is 2.11. The number of morpholine rings is 1. The number of likely N-dealkylation sites (N-methyl/N-ethyl adjacent to an activating group) is 1. The molecule has 1 amide bonds. The van der Waals surface area contributed by atoms with E-state index in [0.29, 0.717) is 13.2 Å². The second-order valence-electron chi connectivity index (χ2n) is 6.91. The Balaban J connectivity index is 1.45. The van der Waals surface area contributed by atoms with Gasteiger partial charge in [-0.2, -0.15) is 0 Å². The molecule has 138 valence electrons. The number of carbonyl (C=O) groups is 1. The molecule has 0 spiro atoms. The minimum atomic E-state index is 0.184. The van der Waals surface area contributed by atoms with Gasteiger partial charge in [-0.3, -0.25) is 9.69 Å². The average Bonchev–Trinajstić information content (AvgIpc) is 2.62. The number of amides is 1. The number of rotatable bonds is 5. The molecule has 0 N–H and O–H groups in total. The highest BCUT2D eigenvalue weighted by Gasteiger charge is 2.27. The fourth-order valence-electron chi connectivity index (χ4n) is 3.34. The summed E-state index contributed by atoms with van der Waals surface area (Å²) < 4.78 is 5.78. The lowest BCUT2D eigenvalue weighted by molar-refractivity contribution is -0.134. The normalized spacial score (nSPS) is 22.4. The van der Waals surface area contributed by atoms with Crippen molar-refractivity contribution in [2.75, 3.05) is 78.0 Å². The number of aromatic nitrogens is 2. The molecule has 8 nitrogen and oxygen atoms in total. The molecular formula is C17H28N6O2. The molecule has 2 aliphatic rings. The largest absolute Gasteiger partial charge is 0.374 e. The van der Waals surface area contributed by atoms with E-state index in [-0.39, 0.29) is 12.0 Å². The maximum Gasteiger partial charge on any atom is 0.236 e. The van der Waals surface area contributed by atoms with Crippen molar-refractivity contribution in [3.63, 3.8) is 0 Å². The Hall–Kier alpha value is -1.77. The van der Waals surface area contributed by atoms with E-state index in [0.717, 1.165) is 51.8 Å². The fourth-order valence-corrected chi connectivity index (χ4v) is 3.34. The number of ether oxygens (including phenoxy) is 1. The molecule has 0 aromatic carbocycles. The third-order valence-electron chi connectivity index (χ3n) is 4.62. The van der Waals surface area contributed by atoms with E-state index < -0.39 is 0 Å². The van der Waals surface area contributed by atoms with Gasteiger partial charge in [0.25, 0.3) is 0 Å². The predicted molar refractivity (Wildman–Crippen MR) is 95.6 cm³/mol. The van der Waals surface area contributed by atoms with E-state index >= 15 is 0 Å². The number of anilines is 1. The Morgan fingerprint density at radius 3 is 2.60 bits per heavy atom. The zero-order valence-electron chi connectivity index (χ0n) is 15.2. The lowest BCUT2D eigenvalue weighted by Gasteiger charge is -2.37. The Kier molecular flexibility index (Phi) is 6.17. The van der Waals surface area contributed by atoms with Crippen LogP contribution in [0.5, 0.6) is 0 Å². The second kappa shape index (κ2) is 8.55. The third kappa shape index (κ3) is 5.10. The van der Waals surface area contributed by atoms with Crippen LogP contribution in [0, 0.1) is 0 Å². The van der Waals surface area contributed by atoms with Gasteiger partial charge in [0.1, 0.15) is 0 Å². The molecule has 2 saturated heterocycles. The first kappa shape index (κ1) is 18.0. The number of hydrogen-bond donors (Lipinski definition) is 0. The second-order valence-corrected chi connectivity index (χ2v) is 6.91. The van der Waals surface area contributed by atoms with Gasteiger partial charge in [-0.05, 0) is 20.2 Å². The summed E-state index contributed by atoms with van der Waals surface area (Å²) in [5, 5.41) is 0. The summed E-state index contributed by atoms with van der Waals surface area (Å²) in [6, 6.07) is 1.81. The molecule has 0 bridgehead atoms. The fraction of sp³-hybridized carbons (Fsp3) is 0.706. The van der Waals surface area contributed by atoms with Gasteiger partial charge in [-0.1, -0.05) is 0 Å². The van der Waals surface area contributed by atoms with Crippen molar-refractivity contribution in [2.24, 2.45) is 0 Å². The predicted octanol–water partition coefficient (Wildman–Crippen LogP) is -0.612. The van der Waals surface area contributed by atoms with Crippen LogP contribution in [0.15, 0.2) is 18.5 Å². The topological polar surface area (TPSA) is 65.0 Å². The van der Waals surface area contributed by atoms with Crippen LogP contribution in [0.1, 0.15) is 0 Å². The van der Waals surface area contributed by atoms with Crippen molar-refractivity contribution in [3.8, 4) is 0 Å². The zero-order valence-corrected chi connectivity index (χ0v) is 15.2. The van der Waals surface area contributed by atoms with Gasteiger partial charge in [0.15, 0.2) is 0 Å². The highest BCUT2D eigenvalue weighted by atomic mass is 16.5. The molecule has 0 unspecified atom stereocenters. The van der Waals surface area contributed by atoms with Crippen molar-refractivity contribution in [1.29, 1.82) is 0 Å². The maximum absolute atomic E-state index is 12.6. The summed E-state index contributed by atoms with van der Waals surface area (Å²) in [5.74, 6) is 0.952. The molecule has 1 aromatic rings. The molecule has 3 heterocycles. The third-order valence-corrected chi connectivity index (χ3v) is 4.62. The van der Waals surface area contributed by atoms with Gasteiger partial charge >= 0.3 is 0 Å². The van der Waals surface area contributed by atoms with Crippen LogP contribution in [0.3, 0.4) is 0 Å². The molecule has 0 radical (unpaired) electrons. The smallest absolute Gasteiger partial charge is 0.236 e. The van der Waals surface area contributed by atoms with Gasteiger partial charge in [0.05, 0.1) is 19.3 Å². The van der Waals surface area contributed by atoms with Gasteiger partial charge in [-0.15, -0.1) is 0 Å². The molecule has 0 saturated carbocycles. The minimum absolute atomic E-state index is 0.184. The summed E-state index contributed by atoms with van der Waals surface area (Å²) in [6.45, 7) is 6.73. The van der Waals surface area contributed by atoms with Gasteiger partial charge in [0, 0.05) is 58.2 Å². The molecule has 8 heteroatoms. The lowest BCUT2D eigenvalue weighted by Crippen LogP contribution is -2.54. The molecule has 1 atom stereocenters. The molecule has 25 heavy (non-hydrogen) atoms. The van der Waals surface area contributed by atoms with Gasteiger partial charge in [-0.25, -0.2) is 9.97 Å². The van der Waals surface area contributed by atoms with Crippen molar-refractivity contribution in [3.05, 3.63) is 18.5 Å². The zero-order chi connectivity index (χ0) is 17.6. The summed E-state index contributed by atoms with van der Waals surface area (Å²) in [6.07, 6.45) is 3.69. The summed E-state index contributed by atoms with van der Waals surface area (Å²) in [7, 11) is 4.09. The van der Waals surface area contributed by atoms with E-state index in [1.165, 1.54) is 0 Å². The number of piperazine rings is 1. The van der Waals surface area contributed by atoms with E-state index in [4.69, 9.17) is 4.74 Å². The van der Waals surface area contributed by atoms with Gasteiger partial charge < -0.3 is 19.4 Å². The van der Waals surface area contributed by atoms with E-state index in [2.05, 4.69) is 24.7 Å².